The van der Waals surface area contributed by atoms with Crippen LogP contribution in [0, 0.1) is 5.92 Å². The van der Waals surface area contributed by atoms with Crippen LogP contribution in [0.15, 0.2) is 36.5 Å². The average molecular weight is 285 g/mol. The Hall–Kier alpha value is -1.61. The highest BCUT2D eigenvalue weighted by Gasteiger charge is 2.09. The molecule has 2 aromatic rings. The number of rotatable bonds is 8. The first-order valence-electron chi connectivity index (χ1n) is 8.05. The molecule has 3 nitrogen and oxygen atoms in total. The Bertz CT molecular complexity index is 502. The summed E-state index contributed by atoms with van der Waals surface area (Å²) in [4.78, 5) is 0. The van der Waals surface area contributed by atoms with Crippen LogP contribution in [0.25, 0.3) is 11.3 Å². The lowest BCUT2D eigenvalue weighted by Gasteiger charge is -2.20. The number of H-pyrrole nitrogens is 1. The molecule has 0 fully saturated rings. The maximum atomic E-state index is 3.99. The summed E-state index contributed by atoms with van der Waals surface area (Å²) >= 11 is 0. The number of nitrogens with zero attached hydrogens (tertiary/aromatic N) is 1. The fourth-order valence-corrected chi connectivity index (χ4v) is 2.53. The summed E-state index contributed by atoms with van der Waals surface area (Å²) in [5.41, 5.74) is 3.58. The molecule has 3 heteroatoms. The first-order chi connectivity index (χ1) is 10.2. The lowest BCUT2D eigenvalue weighted by molar-refractivity contribution is 0.384. The van der Waals surface area contributed by atoms with Crippen LogP contribution in [0.2, 0.25) is 0 Å². The van der Waals surface area contributed by atoms with E-state index >= 15 is 0 Å². The molecule has 1 aromatic carbocycles. The number of benzene rings is 1. The monoisotopic (exact) mass is 285 g/mol. The summed E-state index contributed by atoms with van der Waals surface area (Å²) in [6.45, 7) is 7.81. The molecule has 0 saturated carbocycles. The van der Waals surface area contributed by atoms with E-state index in [2.05, 4.69) is 60.6 Å². The van der Waals surface area contributed by atoms with Gasteiger partial charge in [-0.05, 0) is 36.0 Å². The van der Waals surface area contributed by atoms with Crippen molar-refractivity contribution in [2.75, 3.05) is 0 Å². The van der Waals surface area contributed by atoms with Crippen LogP contribution in [-0.2, 0) is 6.54 Å². The molecule has 2 atom stereocenters. The predicted octanol–water partition coefficient (Wildman–Crippen LogP) is 4.38. The Morgan fingerprint density at radius 1 is 1.10 bits per heavy atom. The van der Waals surface area contributed by atoms with Gasteiger partial charge in [0.1, 0.15) is 0 Å². The zero-order chi connectivity index (χ0) is 15.1. The van der Waals surface area contributed by atoms with Crippen molar-refractivity contribution in [3.05, 3.63) is 42.1 Å². The average Bonchev–Trinajstić information content (AvgIpc) is 3.06. The Kier molecular flexibility index (Phi) is 6.00. The molecule has 0 radical (unpaired) electrons. The van der Waals surface area contributed by atoms with Crippen molar-refractivity contribution in [1.29, 1.82) is 0 Å². The molecule has 2 rings (SSSR count). The van der Waals surface area contributed by atoms with Gasteiger partial charge in [-0.3, -0.25) is 5.10 Å². The zero-order valence-corrected chi connectivity index (χ0v) is 13.4. The second-order valence-electron chi connectivity index (χ2n) is 5.90. The molecule has 21 heavy (non-hydrogen) atoms. The predicted molar refractivity (Wildman–Crippen MR) is 89.0 cm³/mol. The van der Waals surface area contributed by atoms with E-state index in [9.17, 15) is 0 Å². The van der Waals surface area contributed by atoms with Gasteiger partial charge in [0.2, 0.25) is 0 Å². The largest absolute Gasteiger partial charge is 0.310 e. The van der Waals surface area contributed by atoms with Crippen molar-refractivity contribution in [2.24, 2.45) is 5.92 Å². The maximum absolute atomic E-state index is 3.99. The fraction of sp³-hybridized carbons (Fsp3) is 0.500. The molecule has 1 heterocycles. The second kappa shape index (κ2) is 7.99. The SMILES string of the molecule is CCC(C)CC(CC)NCc1ccc(-c2ccn[nH]2)cc1. The van der Waals surface area contributed by atoms with Crippen LogP contribution in [0.5, 0.6) is 0 Å². The van der Waals surface area contributed by atoms with Crippen LogP contribution >= 0.6 is 0 Å². The van der Waals surface area contributed by atoms with Gasteiger partial charge in [-0.2, -0.15) is 5.10 Å². The minimum Gasteiger partial charge on any atom is -0.310 e. The van der Waals surface area contributed by atoms with Gasteiger partial charge in [-0.1, -0.05) is 51.5 Å². The molecule has 114 valence electrons. The van der Waals surface area contributed by atoms with Gasteiger partial charge in [-0.15, -0.1) is 0 Å². The number of aromatic amines is 1. The number of hydrogen-bond acceptors (Lipinski definition) is 2. The highest BCUT2D eigenvalue weighted by atomic mass is 15.1. The smallest absolute Gasteiger partial charge is 0.0650 e. The first-order valence-corrected chi connectivity index (χ1v) is 8.05. The fourth-order valence-electron chi connectivity index (χ4n) is 2.53. The van der Waals surface area contributed by atoms with Crippen molar-refractivity contribution in [3.63, 3.8) is 0 Å². The molecule has 2 unspecified atom stereocenters. The van der Waals surface area contributed by atoms with Crippen molar-refractivity contribution in [1.82, 2.24) is 15.5 Å². The van der Waals surface area contributed by atoms with E-state index in [1.807, 2.05) is 6.07 Å². The van der Waals surface area contributed by atoms with E-state index < -0.39 is 0 Å². The van der Waals surface area contributed by atoms with Crippen molar-refractivity contribution < 1.29 is 0 Å². The molecule has 0 aliphatic heterocycles. The van der Waals surface area contributed by atoms with Crippen LogP contribution in [0.4, 0.5) is 0 Å². The van der Waals surface area contributed by atoms with Crippen molar-refractivity contribution in [2.45, 2.75) is 52.6 Å². The van der Waals surface area contributed by atoms with Crippen LogP contribution < -0.4 is 5.32 Å². The Morgan fingerprint density at radius 3 is 2.43 bits per heavy atom. The van der Waals surface area contributed by atoms with E-state index in [4.69, 9.17) is 0 Å². The minimum absolute atomic E-state index is 0.618. The molecule has 1 aromatic heterocycles. The summed E-state index contributed by atoms with van der Waals surface area (Å²) < 4.78 is 0. The highest BCUT2D eigenvalue weighted by Crippen LogP contribution is 2.17. The van der Waals surface area contributed by atoms with Gasteiger partial charge < -0.3 is 5.32 Å². The van der Waals surface area contributed by atoms with Crippen LogP contribution in [-0.4, -0.2) is 16.2 Å². The molecule has 0 bridgehead atoms. The molecule has 0 saturated heterocycles. The van der Waals surface area contributed by atoms with E-state index in [0.29, 0.717) is 6.04 Å². The normalized spacial score (nSPS) is 14.0. The molecule has 2 N–H and O–H groups in total. The Labute approximate surface area is 128 Å². The van der Waals surface area contributed by atoms with Crippen LogP contribution in [0.3, 0.4) is 0 Å². The number of hydrogen-bond donors (Lipinski definition) is 2. The quantitative estimate of drug-likeness (QED) is 0.755. The summed E-state index contributed by atoms with van der Waals surface area (Å²) in [6, 6.07) is 11.3. The standard InChI is InChI=1S/C18H27N3/c1-4-14(3)12-17(5-2)19-13-15-6-8-16(9-7-15)18-10-11-20-21-18/h6-11,14,17,19H,4-5,12-13H2,1-3H3,(H,20,21). The highest BCUT2D eigenvalue weighted by molar-refractivity contribution is 5.58. The van der Waals surface area contributed by atoms with Gasteiger partial charge >= 0.3 is 0 Å². The van der Waals surface area contributed by atoms with E-state index in [-0.39, 0.29) is 0 Å². The van der Waals surface area contributed by atoms with Crippen LogP contribution in [0.1, 0.15) is 45.6 Å². The Balaban J connectivity index is 1.88. The molecule has 0 aliphatic rings. The van der Waals surface area contributed by atoms with Gasteiger partial charge in [0.15, 0.2) is 0 Å². The van der Waals surface area contributed by atoms with Crippen molar-refractivity contribution >= 4 is 0 Å². The van der Waals surface area contributed by atoms with E-state index in [1.165, 1.54) is 30.4 Å². The molecular weight excluding hydrogens is 258 g/mol. The lowest BCUT2D eigenvalue weighted by atomic mass is 9.97. The van der Waals surface area contributed by atoms with E-state index in [1.54, 1.807) is 6.20 Å². The number of aromatic nitrogens is 2. The third-order valence-electron chi connectivity index (χ3n) is 4.24. The zero-order valence-electron chi connectivity index (χ0n) is 13.4. The lowest BCUT2D eigenvalue weighted by Crippen LogP contribution is -2.29. The molecule has 0 aliphatic carbocycles. The first kappa shape index (κ1) is 15.8. The van der Waals surface area contributed by atoms with Crippen molar-refractivity contribution in [3.8, 4) is 11.3 Å². The topological polar surface area (TPSA) is 40.7 Å². The summed E-state index contributed by atoms with van der Waals surface area (Å²) in [5, 5.41) is 10.7. The third-order valence-corrected chi connectivity index (χ3v) is 4.24. The van der Waals surface area contributed by atoms with Gasteiger partial charge in [0, 0.05) is 18.8 Å². The van der Waals surface area contributed by atoms with Gasteiger partial charge in [0.25, 0.3) is 0 Å². The van der Waals surface area contributed by atoms with E-state index in [0.717, 1.165) is 18.2 Å². The third kappa shape index (κ3) is 4.71. The summed E-state index contributed by atoms with van der Waals surface area (Å²) in [5.74, 6) is 0.796. The van der Waals surface area contributed by atoms with Gasteiger partial charge in [-0.25, -0.2) is 0 Å². The molecular formula is C18H27N3. The maximum Gasteiger partial charge on any atom is 0.0650 e. The van der Waals surface area contributed by atoms with Gasteiger partial charge in [0.05, 0.1) is 5.69 Å². The Morgan fingerprint density at radius 2 is 1.86 bits per heavy atom. The minimum atomic E-state index is 0.618. The summed E-state index contributed by atoms with van der Waals surface area (Å²) in [6.07, 6.45) is 5.50. The number of nitrogens with one attached hydrogen (secondary N) is 2. The molecule has 0 amide bonds. The second-order valence-corrected chi connectivity index (χ2v) is 5.90. The molecule has 0 spiro atoms. The summed E-state index contributed by atoms with van der Waals surface area (Å²) in [7, 11) is 0.